The molecule has 16 heavy (non-hydrogen) atoms. The Hall–Kier alpha value is -0.120. The van der Waals surface area contributed by atoms with Crippen LogP contribution >= 0.6 is 0 Å². The van der Waals surface area contributed by atoms with Crippen molar-refractivity contribution in [2.45, 2.75) is 39.0 Å². The smallest absolute Gasteiger partial charge is 0.0594 e. The summed E-state index contributed by atoms with van der Waals surface area (Å²) in [5.41, 5.74) is 0. The first-order valence-electron chi connectivity index (χ1n) is 6.81. The Kier molecular flexibility index (Phi) is 8.77. The van der Waals surface area contributed by atoms with Crippen molar-refractivity contribution in [3.05, 3.63) is 0 Å². The molecule has 0 unspecified atom stereocenters. The molecule has 3 heteroatoms. The maximum absolute atomic E-state index is 5.53. The molecule has 0 atom stereocenters. The number of morpholine rings is 1. The van der Waals surface area contributed by atoms with Crippen molar-refractivity contribution in [1.29, 1.82) is 0 Å². The predicted molar refractivity (Wildman–Crippen MR) is 66.8 cm³/mol. The lowest BCUT2D eigenvalue weighted by molar-refractivity contribution is 0.0367. The lowest BCUT2D eigenvalue weighted by atomic mass is 10.2. The van der Waals surface area contributed by atoms with Crippen molar-refractivity contribution in [2.75, 3.05) is 46.1 Å². The van der Waals surface area contributed by atoms with Crippen molar-refractivity contribution in [1.82, 2.24) is 4.90 Å². The van der Waals surface area contributed by atoms with E-state index in [9.17, 15) is 0 Å². The van der Waals surface area contributed by atoms with E-state index in [1.807, 2.05) is 0 Å². The Bertz CT molecular complexity index is 147. The first-order chi connectivity index (χ1) is 7.93. The molecule has 1 heterocycles. The molecule has 0 amide bonds. The molecule has 0 aliphatic carbocycles. The average molecular weight is 229 g/mol. The monoisotopic (exact) mass is 229 g/mol. The number of unbranched alkanes of at least 4 members (excludes halogenated alkanes) is 3. The van der Waals surface area contributed by atoms with Gasteiger partial charge in [-0.25, -0.2) is 0 Å². The van der Waals surface area contributed by atoms with Crippen molar-refractivity contribution in [3.63, 3.8) is 0 Å². The first kappa shape index (κ1) is 13.9. The molecular formula is C13H27NO2. The van der Waals surface area contributed by atoms with E-state index in [1.54, 1.807) is 0 Å². The fourth-order valence-electron chi connectivity index (χ4n) is 1.89. The number of ether oxygens (including phenoxy) is 2. The maximum Gasteiger partial charge on any atom is 0.0594 e. The van der Waals surface area contributed by atoms with Gasteiger partial charge in [-0.1, -0.05) is 13.3 Å². The van der Waals surface area contributed by atoms with Gasteiger partial charge in [0.15, 0.2) is 0 Å². The van der Waals surface area contributed by atoms with E-state index in [0.717, 1.165) is 39.5 Å². The van der Waals surface area contributed by atoms with Gasteiger partial charge in [-0.3, -0.25) is 4.90 Å². The van der Waals surface area contributed by atoms with Gasteiger partial charge in [-0.05, 0) is 32.2 Å². The minimum Gasteiger partial charge on any atom is -0.381 e. The molecule has 0 saturated carbocycles. The molecule has 0 spiro atoms. The van der Waals surface area contributed by atoms with Crippen LogP contribution < -0.4 is 0 Å². The maximum atomic E-state index is 5.53. The van der Waals surface area contributed by atoms with Crippen LogP contribution in [0.15, 0.2) is 0 Å². The summed E-state index contributed by atoms with van der Waals surface area (Å²) in [7, 11) is 0. The van der Waals surface area contributed by atoms with Gasteiger partial charge in [0.2, 0.25) is 0 Å². The van der Waals surface area contributed by atoms with Crippen LogP contribution in [0.2, 0.25) is 0 Å². The van der Waals surface area contributed by atoms with E-state index in [1.165, 1.54) is 38.6 Å². The summed E-state index contributed by atoms with van der Waals surface area (Å²) < 4.78 is 10.9. The van der Waals surface area contributed by atoms with Gasteiger partial charge in [0, 0.05) is 26.3 Å². The van der Waals surface area contributed by atoms with Gasteiger partial charge in [0.05, 0.1) is 13.2 Å². The number of nitrogens with zero attached hydrogens (tertiary/aromatic N) is 1. The van der Waals surface area contributed by atoms with Gasteiger partial charge in [0.1, 0.15) is 0 Å². The van der Waals surface area contributed by atoms with E-state index >= 15 is 0 Å². The normalized spacial score (nSPS) is 17.8. The largest absolute Gasteiger partial charge is 0.381 e. The second kappa shape index (κ2) is 10.1. The molecule has 1 aliphatic rings. The van der Waals surface area contributed by atoms with Gasteiger partial charge >= 0.3 is 0 Å². The summed E-state index contributed by atoms with van der Waals surface area (Å²) in [6, 6.07) is 0. The quantitative estimate of drug-likeness (QED) is 0.566. The standard InChI is InChI=1S/C13H27NO2/c1-2-3-10-15-11-6-4-5-7-14-8-12-16-13-9-14/h2-13H2,1H3. The summed E-state index contributed by atoms with van der Waals surface area (Å²) in [4.78, 5) is 2.50. The highest BCUT2D eigenvalue weighted by atomic mass is 16.5. The molecule has 96 valence electrons. The fourth-order valence-corrected chi connectivity index (χ4v) is 1.89. The van der Waals surface area contributed by atoms with Gasteiger partial charge < -0.3 is 9.47 Å². The molecule has 0 N–H and O–H groups in total. The first-order valence-corrected chi connectivity index (χ1v) is 6.81. The molecule has 1 fully saturated rings. The number of hydrogen-bond acceptors (Lipinski definition) is 3. The van der Waals surface area contributed by atoms with Crippen LogP contribution in [0.1, 0.15) is 39.0 Å². The molecule has 0 aromatic rings. The Balaban J connectivity index is 1.77. The van der Waals surface area contributed by atoms with Crippen molar-refractivity contribution < 1.29 is 9.47 Å². The number of rotatable bonds is 9. The molecule has 1 rings (SSSR count). The summed E-state index contributed by atoms with van der Waals surface area (Å²) >= 11 is 0. The van der Waals surface area contributed by atoms with Crippen LogP contribution in [0.25, 0.3) is 0 Å². The summed E-state index contributed by atoms with van der Waals surface area (Å²) in [6.45, 7) is 9.40. The topological polar surface area (TPSA) is 21.7 Å². The highest BCUT2D eigenvalue weighted by molar-refractivity contribution is 4.61. The molecule has 0 radical (unpaired) electrons. The molecule has 1 aliphatic heterocycles. The summed E-state index contributed by atoms with van der Waals surface area (Å²) in [6.07, 6.45) is 6.25. The van der Waals surface area contributed by atoms with Crippen molar-refractivity contribution in [3.8, 4) is 0 Å². The SMILES string of the molecule is CCCCOCCCCCN1CCOCC1. The van der Waals surface area contributed by atoms with Crippen LogP contribution in [-0.4, -0.2) is 51.0 Å². The average Bonchev–Trinajstić information content (AvgIpc) is 2.34. The van der Waals surface area contributed by atoms with Crippen LogP contribution in [0.3, 0.4) is 0 Å². The summed E-state index contributed by atoms with van der Waals surface area (Å²) in [5.74, 6) is 0. The third-order valence-corrected chi connectivity index (χ3v) is 3.01. The second-order valence-electron chi connectivity index (χ2n) is 4.48. The zero-order valence-corrected chi connectivity index (χ0v) is 10.7. The number of hydrogen-bond donors (Lipinski definition) is 0. The van der Waals surface area contributed by atoms with Gasteiger partial charge in [0.25, 0.3) is 0 Å². The highest BCUT2D eigenvalue weighted by Gasteiger charge is 2.08. The van der Waals surface area contributed by atoms with Crippen LogP contribution in [-0.2, 0) is 9.47 Å². The Morgan fingerprint density at radius 2 is 1.75 bits per heavy atom. The van der Waals surface area contributed by atoms with Crippen molar-refractivity contribution in [2.24, 2.45) is 0 Å². The second-order valence-corrected chi connectivity index (χ2v) is 4.48. The Morgan fingerprint density at radius 1 is 1.00 bits per heavy atom. The van der Waals surface area contributed by atoms with Gasteiger partial charge in [-0.15, -0.1) is 0 Å². The van der Waals surface area contributed by atoms with E-state index in [-0.39, 0.29) is 0 Å². The lowest BCUT2D eigenvalue weighted by Crippen LogP contribution is -2.36. The molecule has 0 aromatic carbocycles. The van der Waals surface area contributed by atoms with E-state index in [2.05, 4.69) is 11.8 Å². The van der Waals surface area contributed by atoms with Crippen LogP contribution in [0, 0.1) is 0 Å². The Morgan fingerprint density at radius 3 is 2.50 bits per heavy atom. The third-order valence-electron chi connectivity index (χ3n) is 3.01. The molecule has 3 nitrogen and oxygen atoms in total. The van der Waals surface area contributed by atoms with E-state index in [0.29, 0.717) is 0 Å². The van der Waals surface area contributed by atoms with Crippen LogP contribution in [0.5, 0.6) is 0 Å². The lowest BCUT2D eigenvalue weighted by Gasteiger charge is -2.26. The molecule has 1 saturated heterocycles. The minimum absolute atomic E-state index is 0.917. The fraction of sp³-hybridized carbons (Fsp3) is 1.00. The Labute approximate surface area is 100 Å². The molecule has 0 bridgehead atoms. The third kappa shape index (κ3) is 7.20. The summed E-state index contributed by atoms with van der Waals surface area (Å²) in [5, 5.41) is 0. The molecule has 0 aromatic heterocycles. The van der Waals surface area contributed by atoms with Crippen molar-refractivity contribution >= 4 is 0 Å². The predicted octanol–water partition coefficient (Wildman–Crippen LogP) is 2.31. The highest BCUT2D eigenvalue weighted by Crippen LogP contribution is 2.02. The van der Waals surface area contributed by atoms with Crippen LogP contribution in [0.4, 0.5) is 0 Å². The zero-order valence-electron chi connectivity index (χ0n) is 10.7. The molecular weight excluding hydrogens is 202 g/mol. The van der Waals surface area contributed by atoms with Gasteiger partial charge in [-0.2, -0.15) is 0 Å². The zero-order chi connectivity index (χ0) is 11.5. The minimum atomic E-state index is 0.917. The van der Waals surface area contributed by atoms with E-state index < -0.39 is 0 Å². The van der Waals surface area contributed by atoms with E-state index in [4.69, 9.17) is 9.47 Å².